The molecule has 0 bridgehead atoms. The molecule has 5 rings (SSSR count). The lowest BCUT2D eigenvalue weighted by atomic mass is 9.92. The van der Waals surface area contributed by atoms with Crippen molar-refractivity contribution < 1.29 is 4.79 Å². The Hall–Kier alpha value is -3.80. The van der Waals surface area contributed by atoms with Crippen LogP contribution < -0.4 is 4.90 Å². The van der Waals surface area contributed by atoms with Crippen LogP contribution in [-0.4, -0.2) is 61.2 Å². The van der Waals surface area contributed by atoms with Crippen LogP contribution >= 0.6 is 0 Å². The van der Waals surface area contributed by atoms with E-state index in [2.05, 4.69) is 31.0 Å². The van der Waals surface area contributed by atoms with Gasteiger partial charge in [0.15, 0.2) is 11.5 Å². The lowest BCUT2D eigenvalue weighted by molar-refractivity contribution is 0.0672. The molecule has 0 aromatic carbocycles. The molecule has 5 heterocycles. The summed E-state index contributed by atoms with van der Waals surface area (Å²) in [6.45, 7) is 2.16. The van der Waals surface area contributed by atoms with Crippen molar-refractivity contribution in [2.45, 2.75) is 18.9 Å². The molecule has 30 heavy (non-hydrogen) atoms. The number of nitrogens with zero attached hydrogens (tertiary/aromatic N) is 8. The number of amides is 1. The van der Waals surface area contributed by atoms with E-state index in [1.54, 1.807) is 41.6 Å². The van der Waals surface area contributed by atoms with Gasteiger partial charge in [0.25, 0.3) is 5.91 Å². The van der Waals surface area contributed by atoms with Crippen molar-refractivity contribution in [3.05, 3.63) is 60.4 Å². The third-order valence-electron chi connectivity index (χ3n) is 5.92. The van der Waals surface area contributed by atoms with E-state index >= 15 is 0 Å². The monoisotopic (exact) mass is 400 g/mol. The molecule has 0 aliphatic carbocycles. The van der Waals surface area contributed by atoms with Crippen molar-refractivity contribution in [1.29, 1.82) is 5.26 Å². The van der Waals surface area contributed by atoms with E-state index < -0.39 is 0 Å². The Labute approximate surface area is 173 Å². The summed E-state index contributed by atoms with van der Waals surface area (Å²) in [4.78, 5) is 30.6. The molecule has 2 saturated heterocycles. The van der Waals surface area contributed by atoms with Gasteiger partial charge in [-0.25, -0.2) is 19.6 Å². The zero-order valence-corrected chi connectivity index (χ0v) is 16.3. The Balaban J connectivity index is 1.40. The summed E-state index contributed by atoms with van der Waals surface area (Å²) in [6, 6.07) is 7.66. The number of hydrogen-bond acceptors (Lipinski definition) is 7. The molecule has 2 fully saturated rings. The standard InChI is InChI=1S/C21H20N8O/c22-13-15-2-6-23-18(12-15)28-11-4-16-3-10-27(14-17(16)28)21(30)19-20(25-8-7-24-19)29-9-1-5-26-29/h1-2,5-9,12,16-17H,3-4,10-11,14H2/t16-,17-/m1/s1. The number of nitriles is 1. The Morgan fingerprint density at radius 1 is 1.10 bits per heavy atom. The van der Waals surface area contributed by atoms with E-state index in [1.807, 2.05) is 11.0 Å². The van der Waals surface area contributed by atoms with Crippen molar-refractivity contribution in [3.8, 4) is 11.9 Å². The summed E-state index contributed by atoms with van der Waals surface area (Å²) in [5, 5.41) is 13.4. The number of pyridine rings is 1. The van der Waals surface area contributed by atoms with Gasteiger partial charge in [0.1, 0.15) is 5.82 Å². The third kappa shape index (κ3) is 3.16. The van der Waals surface area contributed by atoms with E-state index in [-0.39, 0.29) is 11.9 Å². The molecule has 2 aliphatic heterocycles. The molecule has 1 amide bonds. The van der Waals surface area contributed by atoms with Gasteiger partial charge in [0, 0.05) is 50.6 Å². The molecule has 0 unspecified atom stereocenters. The summed E-state index contributed by atoms with van der Waals surface area (Å²) < 4.78 is 1.56. The number of rotatable bonds is 3. The maximum atomic E-state index is 13.4. The lowest BCUT2D eigenvalue weighted by Crippen LogP contribution is -2.50. The molecule has 3 aromatic heterocycles. The predicted molar refractivity (Wildman–Crippen MR) is 108 cm³/mol. The Bertz CT molecular complexity index is 1110. The quantitative estimate of drug-likeness (QED) is 0.659. The van der Waals surface area contributed by atoms with Gasteiger partial charge in [0.05, 0.1) is 17.7 Å². The van der Waals surface area contributed by atoms with E-state index in [9.17, 15) is 10.1 Å². The minimum Gasteiger partial charge on any atom is -0.352 e. The zero-order chi connectivity index (χ0) is 20.5. The highest BCUT2D eigenvalue weighted by molar-refractivity contribution is 5.95. The number of fused-ring (bicyclic) bond motifs is 1. The van der Waals surface area contributed by atoms with Crippen LogP contribution in [-0.2, 0) is 0 Å². The van der Waals surface area contributed by atoms with Crippen LogP contribution in [0, 0.1) is 17.2 Å². The van der Waals surface area contributed by atoms with Crippen molar-refractivity contribution in [3.63, 3.8) is 0 Å². The summed E-state index contributed by atoms with van der Waals surface area (Å²) in [5.74, 6) is 1.60. The molecule has 0 radical (unpaired) electrons. The first-order chi connectivity index (χ1) is 14.7. The van der Waals surface area contributed by atoms with Crippen LogP contribution in [0.3, 0.4) is 0 Å². The first-order valence-corrected chi connectivity index (χ1v) is 9.97. The topological polar surface area (TPSA) is 104 Å². The van der Waals surface area contributed by atoms with Gasteiger partial charge >= 0.3 is 0 Å². The number of carbonyl (C=O) groups excluding carboxylic acids is 1. The first-order valence-electron chi connectivity index (χ1n) is 9.97. The van der Waals surface area contributed by atoms with Crippen LogP contribution in [0.5, 0.6) is 0 Å². The first kappa shape index (κ1) is 18.2. The Morgan fingerprint density at radius 2 is 1.97 bits per heavy atom. The highest BCUT2D eigenvalue weighted by Gasteiger charge is 2.41. The molecule has 9 heteroatoms. The van der Waals surface area contributed by atoms with Gasteiger partial charge < -0.3 is 9.80 Å². The summed E-state index contributed by atoms with van der Waals surface area (Å²) in [5.41, 5.74) is 0.893. The molecule has 2 atom stereocenters. The second kappa shape index (κ2) is 7.55. The molecular weight excluding hydrogens is 380 g/mol. The van der Waals surface area contributed by atoms with Gasteiger partial charge in [-0.2, -0.15) is 10.4 Å². The highest BCUT2D eigenvalue weighted by atomic mass is 16.2. The van der Waals surface area contributed by atoms with E-state index in [0.29, 0.717) is 36.1 Å². The van der Waals surface area contributed by atoms with Crippen molar-refractivity contribution in [1.82, 2.24) is 29.6 Å². The number of carbonyl (C=O) groups is 1. The molecule has 0 N–H and O–H groups in total. The minimum absolute atomic E-state index is 0.141. The van der Waals surface area contributed by atoms with Gasteiger partial charge in [-0.15, -0.1) is 0 Å². The number of hydrogen-bond donors (Lipinski definition) is 0. The highest BCUT2D eigenvalue weighted by Crippen LogP contribution is 2.35. The minimum atomic E-state index is -0.141. The van der Waals surface area contributed by atoms with Gasteiger partial charge in [0.2, 0.25) is 0 Å². The summed E-state index contributed by atoms with van der Waals surface area (Å²) in [7, 11) is 0. The number of likely N-dealkylation sites (tertiary alicyclic amines) is 1. The van der Waals surface area contributed by atoms with Gasteiger partial charge in [-0.1, -0.05) is 0 Å². The lowest BCUT2D eigenvalue weighted by Gasteiger charge is -2.38. The van der Waals surface area contributed by atoms with Gasteiger partial charge in [-0.05, 0) is 37.0 Å². The van der Waals surface area contributed by atoms with Crippen molar-refractivity contribution in [2.24, 2.45) is 5.92 Å². The normalized spacial score (nSPS) is 20.6. The summed E-state index contributed by atoms with van der Waals surface area (Å²) in [6.07, 6.45) is 10.2. The fourth-order valence-corrected chi connectivity index (χ4v) is 4.45. The van der Waals surface area contributed by atoms with Crippen LogP contribution in [0.15, 0.2) is 49.2 Å². The largest absolute Gasteiger partial charge is 0.352 e. The average molecular weight is 400 g/mol. The van der Waals surface area contributed by atoms with Crippen LogP contribution in [0.4, 0.5) is 5.82 Å². The average Bonchev–Trinajstić information content (AvgIpc) is 3.48. The number of piperidine rings is 1. The van der Waals surface area contributed by atoms with E-state index in [1.165, 1.54) is 6.20 Å². The second-order valence-electron chi connectivity index (χ2n) is 7.54. The maximum Gasteiger partial charge on any atom is 0.276 e. The van der Waals surface area contributed by atoms with Crippen molar-refractivity contribution >= 4 is 11.7 Å². The van der Waals surface area contributed by atoms with E-state index in [4.69, 9.17) is 0 Å². The molecule has 150 valence electrons. The molecule has 2 aliphatic rings. The van der Waals surface area contributed by atoms with Crippen LogP contribution in [0.2, 0.25) is 0 Å². The van der Waals surface area contributed by atoms with Crippen molar-refractivity contribution in [2.75, 3.05) is 24.5 Å². The Kier molecular flexibility index (Phi) is 4.59. The molecule has 0 spiro atoms. The summed E-state index contributed by atoms with van der Waals surface area (Å²) >= 11 is 0. The van der Waals surface area contributed by atoms with Gasteiger partial charge in [-0.3, -0.25) is 4.79 Å². The fourth-order valence-electron chi connectivity index (χ4n) is 4.45. The smallest absolute Gasteiger partial charge is 0.276 e. The molecular formula is C21H20N8O. The molecule has 0 saturated carbocycles. The second-order valence-corrected chi connectivity index (χ2v) is 7.54. The molecule has 9 nitrogen and oxygen atoms in total. The third-order valence-corrected chi connectivity index (χ3v) is 5.92. The molecule has 3 aromatic rings. The van der Waals surface area contributed by atoms with Crippen LogP contribution in [0.1, 0.15) is 28.9 Å². The van der Waals surface area contributed by atoms with Crippen LogP contribution in [0.25, 0.3) is 5.82 Å². The SMILES string of the molecule is N#Cc1ccnc(N2CC[C@H]3CCN(C(=O)c4nccnc4-n4cccn4)C[C@H]32)c1. The fraction of sp³-hybridized carbons (Fsp3) is 0.333. The van der Waals surface area contributed by atoms with E-state index in [0.717, 1.165) is 25.2 Å². The number of anilines is 1. The number of aromatic nitrogens is 5. The maximum absolute atomic E-state index is 13.4. The Morgan fingerprint density at radius 3 is 2.80 bits per heavy atom. The zero-order valence-electron chi connectivity index (χ0n) is 16.3. The predicted octanol–water partition coefficient (Wildman–Crippen LogP) is 1.67.